The molecule has 5 fully saturated rings. The Bertz CT molecular complexity index is 1520. The van der Waals surface area contributed by atoms with Crippen LogP contribution in [0.2, 0.25) is 0 Å². The lowest BCUT2D eigenvalue weighted by Gasteiger charge is -2.60. The van der Waals surface area contributed by atoms with E-state index in [0.29, 0.717) is 24.5 Å². The summed E-state index contributed by atoms with van der Waals surface area (Å²) < 4.78 is 25.0. The van der Waals surface area contributed by atoms with Gasteiger partial charge in [0.25, 0.3) is 0 Å². The molecule has 2 bridgehead atoms. The second kappa shape index (κ2) is 13.6. The van der Waals surface area contributed by atoms with Gasteiger partial charge in [0.2, 0.25) is 5.79 Å². The molecule has 5 heterocycles. The lowest BCUT2D eigenvalue weighted by atomic mass is 9.58. The van der Waals surface area contributed by atoms with Gasteiger partial charge in [0.05, 0.1) is 24.9 Å². The summed E-state index contributed by atoms with van der Waals surface area (Å²) in [4.78, 5) is 16.8. The van der Waals surface area contributed by atoms with E-state index in [9.17, 15) is 0 Å². The number of benzene rings is 2. The quantitative estimate of drug-likeness (QED) is 0.155. The zero-order valence-corrected chi connectivity index (χ0v) is 28.5. The van der Waals surface area contributed by atoms with Crippen LogP contribution in [-0.2, 0) is 37.1 Å². The lowest BCUT2D eigenvalue weighted by Crippen LogP contribution is -2.70. The highest BCUT2D eigenvalue weighted by Crippen LogP contribution is 2.60. The SMILES string of the molecule is COc1cc(NC(C)CCCNCc2ccc(CO[C@H]3O[C@@H]4O[C@]5(C)CC[C@H]6[C@H](C)CC[C@@H]([C@H]3C)[C@@]46OO5)cc2)c2ncccc2c1. The van der Waals surface area contributed by atoms with Gasteiger partial charge in [-0.2, -0.15) is 0 Å². The summed E-state index contributed by atoms with van der Waals surface area (Å²) in [7, 11) is 1.70. The molecule has 5 aliphatic rings. The van der Waals surface area contributed by atoms with E-state index >= 15 is 0 Å². The maximum atomic E-state index is 6.59. The second-order valence-corrected chi connectivity index (χ2v) is 14.5. The van der Waals surface area contributed by atoms with Crippen LogP contribution < -0.4 is 15.4 Å². The van der Waals surface area contributed by atoms with E-state index in [1.165, 1.54) is 12.0 Å². The predicted octanol–water partition coefficient (Wildman–Crippen LogP) is 7.34. The van der Waals surface area contributed by atoms with Gasteiger partial charge in [0.1, 0.15) is 5.75 Å². The van der Waals surface area contributed by atoms with Crippen molar-refractivity contribution in [2.75, 3.05) is 19.0 Å². The Hall–Kier alpha value is -2.79. The fourth-order valence-corrected chi connectivity index (χ4v) is 8.49. The smallest absolute Gasteiger partial charge is 0.201 e. The zero-order chi connectivity index (χ0) is 32.6. The van der Waals surface area contributed by atoms with Gasteiger partial charge in [-0.25, -0.2) is 9.78 Å². The molecule has 0 amide bonds. The molecule has 9 atom stereocenters. The van der Waals surface area contributed by atoms with Gasteiger partial charge in [0.15, 0.2) is 18.2 Å². The maximum Gasteiger partial charge on any atom is 0.201 e. The van der Waals surface area contributed by atoms with Crippen molar-refractivity contribution in [3.8, 4) is 5.75 Å². The van der Waals surface area contributed by atoms with Crippen LogP contribution in [0.15, 0.2) is 54.7 Å². The lowest BCUT2D eigenvalue weighted by molar-refractivity contribution is -0.577. The summed E-state index contributed by atoms with van der Waals surface area (Å²) in [6.45, 7) is 11.0. The van der Waals surface area contributed by atoms with Crippen molar-refractivity contribution < 1.29 is 28.7 Å². The minimum atomic E-state index is -0.772. The number of hydrogen-bond donors (Lipinski definition) is 2. The van der Waals surface area contributed by atoms with E-state index < -0.39 is 17.7 Å². The van der Waals surface area contributed by atoms with Crippen LogP contribution in [0.5, 0.6) is 5.75 Å². The van der Waals surface area contributed by atoms with Crippen molar-refractivity contribution in [2.24, 2.45) is 23.7 Å². The van der Waals surface area contributed by atoms with Crippen molar-refractivity contribution >= 4 is 16.6 Å². The number of pyridine rings is 1. The molecular formula is C38H51N3O6. The molecule has 9 heteroatoms. The largest absolute Gasteiger partial charge is 0.497 e. The third kappa shape index (κ3) is 6.51. The molecule has 1 aliphatic carbocycles. The van der Waals surface area contributed by atoms with Crippen LogP contribution in [0.4, 0.5) is 5.69 Å². The molecule has 8 rings (SSSR count). The number of rotatable bonds is 12. The second-order valence-electron chi connectivity index (χ2n) is 14.5. The van der Waals surface area contributed by atoms with Crippen LogP contribution in [-0.4, -0.2) is 48.6 Å². The number of nitrogens with one attached hydrogen (secondary N) is 2. The standard InChI is InChI=1S/C38H51N3O6/c1-24-10-15-32-26(3)35(44-36-38(32)31(24)16-17-37(4,45-36)46-47-38)43-23-28-13-11-27(12-14-28)22-39-18-6-8-25(2)41-33-21-30(42-5)20-29-9-7-19-40-34(29)33/h7,9,11-14,19-21,24-26,31-32,35-36,39,41H,6,8,10,15-18,22-23H2,1-5H3/t24-,25?,26-,31+,32+,35+,36-,37+,38-/m1/s1. The summed E-state index contributed by atoms with van der Waals surface area (Å²) >= 11 is 0. The van der Waals surface area contributed by atoms with E-state index in [1.807, 2.05) is 31.3 Å². The zero-order valence-electron chi connectivity index (χ0n) is 28.5. The number of aromatic nitrogens is 1. The first-order valence-electron chi connectivity index (χ1n) is 17.6. The third-order valence-corrected chi connectivity index (χ3v) is 11.2. The topological polar surface area (TPSA) is 92.3 Å². The Morgan fingerprint density at radius 2 is 1.85 bits per heavy atom. The molecule has 4 aliphatic heterocycles. The first-order chi connectivity index (χ1) is 22.8. The Morgan fingerprint density at radius 1 is 1.02 bits per heavy atom. The highest BCUT2D eigenvalue weighted by molar-refractivity contribution is 5.91. The van der Waals surface area contributed by atoms with Crippen molar-refractivity contribution in [2.45, 2.75) is 109 Å². The van der Waals surface area contributed by atoms with Gasteiger partial charge < -0.3 is 29.6 Å². The normalized spacial score (nSPS) is 33.6. The molecule has 1 spiro atoms. The Kier molecular flexibility index (Phi) is 9.48. The van der Waals surface area contributed by atoms with Crippen molar-refractivity contribution in [1.82, 2.24) is 10.3 Å². The number of anilines is 1. The number of nitrogens with zero attached hydrogens (tertiary/aromatic N) is 1. The van der Waals surface area contributed by atoms with Crippen LogP contribution in [0, 0.1) is 23.7 Å². The molecule has 3 aromatic rings. The summed E-state index contributed by atoms with van der Waals surface area (Å²) in [5, 5.41) is 8.31. The molecule has 2 N–H and O–H groups in total. The van der Waals surface area contributed by atoms with Crippen LogP contribution in [0.25, 0.3) is 10.9 Å². The van der Waals surface area contributed by atoms with E-state index in [1.54, 1.807) is 7.11 Å². The van der Waals surface area contributed by atoms with Crippen molar-refractivity contribution in [3.63, 3.8) is 0 Å². The highest BCUT2D eigenvalue weighted by Gasteiger charge is 2.69. The van der Waals surface area contributed by atoms with Crippen LogP contribution >= 0.6 is 0 Å². The van der Waals surface area contributed by atoms with Gasteiger partial charge in [0, 0.05) is 48.5 Å². The summed E-state index contributed by atoms with van der Waals surface area (Å²) in [6.07, 6.45) is 7.21. The average Bonchev–Trinajstić information content (AvgIpc) is 3.31. The molecule has 1 aromatic heterocycles. The minimum Gasteiger partial charge on any atom is -0.497 e. The van der Waals surface area contributed by atoms with E-state index in [2.05, 4.69) is 66.7 Å². The van der Waals surface area contributed by atoms with Gasteiger partial charge in [-0.15, -0.1) is 0 Å². The third-order valence-electron chi connectivity index (χ3n) is 11.2. The summed E-state index contributed by atoms with van der Waals surface area (Å²) in [5.41, 5.74) is 3.82. The fraction of sp³-hybridized carbons (Fsp3) is 0.605. The van der Waals surface area contributed by atoms with E-state index in [0.717, 1.165) is 73.1 Å². The molecule has 4 saturated heterocycles. The van der Waals surface area contributed by atoms with Crippen molar-refractivity contribution in [3.05, 3.63) is 65.9 Å². The number of hydrogen-bond acceptors (Lipinski definition) is 9. The fourth-order valence-electron chi connectivity index (χ4n) is 8.49. The number of methoxy groups -OCH3 is 1. The van der Waals surface area contributed by atoms with Crippen molar-refractivity contribution in [1.29, 1.82) is 0 Å². The van der Waals surface area contributed by atoms with Gasteiger partial charge >= 0.3 is 0 Å². The van der Waals surface area contributed by atoms with E-state index in [-0.39, 0.29) is 18.1 Å². The Labute approximate surface area is 278 Å². The summed E-state index contributed by atoms with van der Waals surface area (Å²) in [5.74, 6) is 1.40. The first-order valence-corrected chi connectivity index (χ1v) is 17.6. The van der Waals surface area contributed by atoms with Gasteiger partial charge in [-0.3, -0.25) is 4.98 Å². The molecule has 0 radical (unpaired) electrons. The number of fused-ring (bicyclic) bond motifs is 3. The molecular weight excluding hydrogens is 594 g/mol. The average molecular weight is 646 g/mol. The predicted molar refractivity (Wildman–Crippen MR) is 180 cm³/mol. The van der Waals surface area contributed by atoms with Gasteiger partial charge in [-0.1, -0.05) is 44.2 Å². The molecule has 47 heavy (non-hydrogen) atoms. The van der Waals surface area contributed by atoms with E-state index in [4.69, 9.17) is 28.7 Å². The summed E-state index contributed by atoms with van der Waals surface area (Å²) in [6, 6.07) is 17.1. The molecule has 1 unspecified atom stereocenters. The molecule has 254 valence electrons. The molecule has 1 saturated carbocycles. The van der Waals surface area contributed by atoms with Crippen LogP contribution in [0.1, 0.15) is 77.3 Å². The highest BCUT2D eigenvalue weighted by atomic mass is 17.3. The molecule has 9 nitrogen and oxygen atoms in total. The minimum absolute atomic E-state index is 0.170. The Balaban J connectivity index is 0.868. The number of ether oxygens (including phenoxy) is 4. The first kappa shape index (κ1) is 32.7. The Morgan fingerprint density at radius 3 is 2.68 bits per heavy atom. The molecule has 2 aromatic carbocycles. The van der Waals surface area contributed by atoms with Gasteiger partial charge in [-0.05, 0) is 87.6 Å². The monoisotopic (exact) mass is 645 g/mol. The maximum absolute atomic E-state index is 6.59. The van der Waals surface area contributed by atoms with Crippen LogP contribution in [0.3, 0.4) is 0 Å².